The van der Waals surface area contributed by atoms with E-state index in [0.717, 1.165) is 11.4 Å². The SMILES string of the molecule is Cc1cc(Nc2cccnc2)nc(N(C)C(N)=Nc2ccc(Cl)c(Cl)c2)n1. The summed E-state index contributed by atoms with van der Waals surface area (Å²) in [5.74, 6) is 1.24. The standard InChI is InChI=1S/C18H17Cl2N7/c1-11-8-16(24-13-4-3-7-22-10-13)26-18(23-11)27(2)17(21)25-12-5-6-14(19)15(20)9-12/h3-10H,1-2H3,(H2,21,25)(H,23,24,26). The van der Waals surface area contributed by atoms with Gasteiger partial charge in [0.25, 0.3) is 0 Å². The van der Waals surface area contributed by atoms with Crippen molar-refractivity contribution in [3.63, 3.8) is 0 Å². The molecule has 2 heterocycles. The third-order valence-corrected chi connectivity index (χ3v) is 4.31. The zero-order valence-corrected chi connectivity index (χ0v) is 16.2. The number of nitrogens with zero attached hydrogens (tertiary/aromatic N) is 5. The molecule has 9 heteroatoms. The Morgan fingerprint density at radius 1 is 1.15 bits per heavy atom. The summed E-state index contributed by atoms with van der Waals surface area (Å²) in [7, 11) is 1.74. The lowest BCUT2D eigenvalue weighted by Crippen LogP contribution is -2.35. The molecule has 0 spiro atoms. The van der Waals surface area contributed by atoms with E-state index in [1.807, 2.05) is 25.1 Å². The average Bonchev–Trinajstić information content (AvgIpc) is 2.64. The summed E-state index contributed by atoms with van der Waals surface area (Å²) < 4.78 is 0. The normalized spacial score (nSPS) is 11.3. The van der Waals surface area contributed by atoms with Gasteiger partial charge in [0.2, 0.25) is 11.9 Å². The Morgan fingerprint density at radius 2 is 1.96 bits per heavy atom. The van der Waals surface area contributed by atoms with Gasteiger partial charge in [-0.15, -0.1) is 0 Å². The zero-order chi connectivity index (χ0) is 19.4. The van der Waals surface area contributed by atoms with Crippen LogP contribution in [0.5, 0.6) is 0 Å². The molecule has 3 rings (SSSR count). The fraction of sp³-hybridized carbons (Fsp3) is 0.111. The van der Waals surface area contributed by atoms with Gasteiger partial charge < -0.3 is 11.1 Å². The summed E-state index contributed by atoms with van der Waals surface area (Å²) in [6.07, 6.45) is 3.41. The van der Waals surface area contributed by atoms with Gasteiger partial charge in [0.05, 0.1) is 27.6 Å². The second-order valence-electron chi connectivity index (χ2n) is 5.69. The van der Waals surface area contributed by atoms with Gasteiger partial charge in [0.15, 0.2) is 0 Å². The summed E-state index contributed by atoms with van der Waals surface area (Å²) in [4.78, 5) is 18.9. The van der Waals surface area contributed by atoms with E-state index < -0.39 is 0 Å². The molecule has 0 aliphatic heterocycles. The first-order chi connectivity index (χ1) is 12.9. The van der Waals surface area contributed by atoms with Crippen molar-refractivity contribution in [3.8, 4) is 0 Å². The van der Waals surface area contributed by atoms with Crippen LogP contribution < -0.4 is 16.0 Å². The number of aryl methyl sites for hydroxylation is 1. The van der Waals surface area contributed by atoms with E-state index in [1.165, 1.54) is 0 Å². The van der Waals surface area contributed by atoms with Gasteiger partial charge in [-0.2, -0.15) is 4.98 Å². The first-order valence-corrected chi connectivity index (χ1v) is 8.73. The molecule has 0 aliphatic rings. The number of halogens is 2. The molecule has 0 atom stereocenters. The molecule has 0 amide bonds. The van der Waals surface area contributed by atoms with Crippen molar-refractivity contribution in [2.75, 3.05) is 17.3 Å². The molecule has 3 N–H and O–H groups in total. The molecule has 0 fully saturated rings. The van der Waals surface area contributed by atoms with Crippen molar-refractivity contribution in [2.24, 2.45) is 10.7 Å². The molecule has 3 aromatic rings. The van der Waals surface area contributed by atoms with Gasteiger partial charge in [0.1, 0.15) is 5.82 Å². The lowest BCUT2D eigenvalue weighted by molar-refractivity contribution is 1.03. The molecule has 7 nitrogen and oxygen atoms in total. The van der Waals surface area contributed by atoms with E-state index in [2.05, 4.69) is 25.3 Å². The number of nitrogens with one attached hydrogen (secondary N) is 1. The summed E-state index contributed by atoms with van der Waals surface area (Å²) in [6, 6.07) is 10.6. The molecule has 0 aliphatic carbocycles. The van der Waals surface area contributed by atoms with Crippen LogP contribution >= 0.6 is 23.2 Å². The Hall–Kier alpha value is -2.90. The lowest BCUT2D eigenvalue weighted by Gasteiger charge is -2.17. The second-order valence-corrected chi connectivity index (χ2v) is 6.50. The van der Waals surface area contributed by atoms with Gasteiger partial charge in [0, 0.05) is 25.0 Å². The van der Waals surface area contributed by atoms with Crippen molar-refractivity contribution in [3.05, 3.63) is 64.5 Å². The van der Waals surface area contributed by atoms with Crippen LogP contribution in [0.4, 0.5) is 23.1 Å². The quantitative estimate of drug-likeness (QED) is 0.499. The van der Waals surface area contributed by atoms with Crippen molar-refractivity contribution < 1.29 is 0 Å². The molecular formula is C18H17Cl2N7. The molecule has 0 bridgehead atoms. The van der Waals surface area contributed by atoms with Crippen LogP contribution in [0.2, 0.25) is 10.0 Å². The van der Waals surface area contributed by atoms with Crippen molar-refractivity contribution >= 4 is 52.3 Å². The zero-order valence-electron chi connectivity index (χ0n) is 14.7. The van der Waals surface area contributed by atoms with E-state index >= 15 is 0 Å². The maximum absolute atomic E-state index is 6.11. The Bertz CT molecular complexity index is 977. The average molecular weight is 402 g/mol. The van der Waals surface area contributed by atoms with E-state index in [9.17, 15) is 0 Å². The van der Waals surface area contributed by atoms with E-state index in [-0.39, 0.29) is 5.96 Å². The maximum atomic E-state index is 6.11. The minimum atomic E-state index is 0.214. The number of guanidine groups is 1. The van der Waals surface area contributed by atoms with Crippen LogP contribution in [0.15, 0.2) is 53.8 Å². The number of aromatic nitrogens is 3. The highest BCUT2D eigenvalue weighted by atomic mass is 35.5. The molecule has 27 heavy (non-hydrogen) atoms. The van der Waals surface area contributed by atoms with Crippen LogP contribution in [-0.4, -0.2) is 28.0 Å². The lowest BCUT2D eigenvalue weighted by atomic mass is 10.3. The highest BCUT2D eigenvalue weighted by Gasteiger charge is 2.12. The largest absolute Gasteiger partial charge is 0.369 e. The molecule has 0 saturated carbocycles. The van der Waals surface area contributed by atoms with Gasteiger partial charge in [-0.25, -0.2) is 9.98 Å². The van der Waals surface area contributed by atoms with Crippen LogP contribution in [0.1, 0.15) is 5.69 Å². The van der Waals surface area contributed by atoms with Crippen LogP contribution in [0.25, 0.3) is 0 Å². The number of rotatable bonds is 4. The van der Waals surface area contributed by atoms with E-state index in [0.29, 0.717) is 27.5 Å². The Morgan fingerprint density at radius 3 is 2.67 bits per heavy atom. The number of hydrogen-bond donors (Lipinski definition) is 2. The molecule has 0 saturated heterocycles. The summed E-state index contributed by atoms with van der Waals surface area (Å²) in [5.41, 5.74) is 8.29. The number of anilines is 3. The van der Waals surface area contributed by atoms with E-state index in [4.69, 9.17) is 28.9 Å². The molecule has 1 aromatic carbocycles. The minimum absolute atomic E-state index is 0.214. The van der Waals surface area contributed by atoms with E-state index in [1.54, 1.807) is 42.5 Å². The number of benzene rings is 1. The first-order valence-electron chi connectivity index (χ1n) is 7.98. The van der Waals surface area contributed by atoms with Gasteiger partial charge in [-0.05, 0) is 37.3 Å². The predicted octanol–water partition coefficient (Wildman–Crippen LogP) is 4.31. The molecule has 2 aromatic heterocycles. The monoisotopic (exact) mass is 401 g/mol. The smallest absolute Gasteiger partial charge is 0.234 e. The van der Waals surface area contributed by atoms with Crippen molar-refractivity contribution in [1.29, 1.82) is 0 Å². The fourth-order valence-electron chi connectivity index (χ4n) is 2.22. The van der Waals surface area contributed by atoms with Crippen LogP contribution in [0, 0.1) is 6.92 Å². The highest BCUT2D eigenvalue weighted by molar-refractivity contribution is 6.42. The maximum Gasteiger partial charge on any atom is 0.234 e. The third-order valence-electron chi connectivity index (χ3n) is 3.57. The predicted molar refractivity (Wildman–Crippen MR) is 110 cm³/mol. The summed E-state index contributed by atoms with van der Waals surface area (Å²) in [6.45, 7) is 1.87. The summed E-state index contributed by atoms with van der Waals surface area (Å²) >= 11 is 11.9. The number of aliphatic imine (C=N–C) groups is 1. The fourth-order valence-corrected chi connectivity index (χ4v) is 2.51. The first kappa shape index (κ1) is 18.9. The van der Waals surface area contributed by atoms with Crippen LogP contribution in [0.3, 0.4) is 0 Å². The van der Waals surface area contributed by atoms with Crippen LogP contribution in [-0.2, 0) is 0 Å². The minimum Gasteiger partial charge on any atom is -0.369 e. The van der Waals surface area contributed by atoms with Gasteiger partial charge >= 0.3 is 0 Å². The Kier molecular flexibility index (Phi) is 5.73. The molecule has 138 valence electrons. The number of pyridine rings is 1. The number of hydrogen-bond acceptors (Lipinski definition) is 5. The topological polar surface area (TPSA) is 92.3 Å². The highest BCUT2D eigenvalue weighted by Crippen LogP contribution is 2.26. The second kappa shape index (κ2) is 8.20. The molecule has 0 radical (unpaired) electrons. The molecular weight excluding hydrogens is 385 g/mol. The molecule has 0 unspecified atom stereocenters. The Balaban J connectivity index is 1.86. The van der Waals surface area contributed by atoms with Gasteiger partial charge in [-0.1, -0.05) is 23.2 Å². The third kappa shape index (κ3) is 4.84. The number of nitrogens with two attached hydrogens (primary N) is 1. The van der Waals surface area contributed by atoms with Crippen molar-refractivity contribution in [2.45, 2.75) is 6.92 Å². The van der Waals surface area contributed by atoms with Gasteiger partial charge in [-0.3, -0.25) is 9.88 Å². The summed E-state index contributed by atoms with van der Waals surface area (Å²) in [5, 5.41) is 4.05. The Labute approximate surface area is 166 Å². The van der Waals surface area contributed by atoms with Crippen molar-refractivity contribution in [1.82, 2.24) is 15.0 Å².